The van der Waals surface area contributed by atoms with Crippen LogP contribution in [0.25, 0.3) is 0 Å². The zero-order chi connectivity index (χ0) is 15.9. The number of hydrogen-bond acceptors (Lipinski definition) is 4. The lowest BCUT2D eigenvalue weighted by atomic mass is 10.1. The van der Waals surface area contributed by atoms with Crippen molar-refractivity contribution in [2.24, 2.45) is 0 Å². The number of hydrogen-bond donors (Lipinski definition) is 0. The van der Waals surface area contributed by atoms with Crippen molar-refractivity contribution in [3.8, 4) is 6.07 Å². The molecule has 22 heavy (non-hydrogen) atoms. The first-order valence-corrected chi connectivity index (χ1v) is 6.65. The third-order valence-corrected chi connectivity index (χ3v) is 3.73. The van der Waals surface area contributed by atoms with Crippen LogP contribution in [0.2, 0.25) is 0 Å². The second-order valence-electron chi connectivity index (χ2n) is 5.08. The average molecular weight is 305 g/mol. The summed E-state index contributed by atoms with van der Waals surface area (Å²) in [6.45, 7) is 1.58. The van der Waals surface area contributed by atoms with Gasteiger partial charge < -0.3 is 9.47 Å². The van der Waals surface area contributed by atoms with Gasteiger partial charge in [-0.25, -0.2) is 0 Å². The van der Waals surface area contributed by atoms with E-state index in [2.05, 4.69) is 10.2 Å². The molecule has 2 heterocycles. The van der Waals surface area contributed by atoms with Gasteiger partial charge in [0, 0.05) is 18.8 Å². The largest absolute Gasteiger partial charge is 0.417 e. The first-order chi connectivity index (χ1) is 10.4. The van der Waals surface area contributed by atoms with E-state index < -0.39 is 11.7 Å². The highest BCUT2D eigenvalue weighted by molar-refractivity contribution is 6.29. The van der Waals surface area contributed by atoms with E-state index in [-0.39, 0.29) is 5.56 Å². The first kappa shape index (κ1) is 14.4. The zero-order valence-corrected chi connectivity index (χ0v) is 11.7. The van der Waals surface area contributed by atoms with Gasteiger partial charge in [0.05, 0.1) is 29.5 Å². The summed E-state index contributed by atoms with van der Waals surface area (Å²) in [6, 6.07) is 5.36. The van der Waals surface area contributed by atoms with E-state index in [9.17, 15) is 13.2 Å². The van der Waals surface area contributed by atoms with Crippen molar-refractivity contribution >= 4 is 19.3 Å². The average Bonchev–Trinajstić information content (AvgIpc) is 2.86. The van der Waals surface area contributed by atoms with E-state index in [0.29, 0.717) is 25.3 Å². The molecule has 0 bridgehead atoms. The highest BCUT2D eigenvalue weighted by Gasteiger charge is 2.34. The SMILES string of the molecule is Bc1nnc2n1CCN(c1ccc(C#N)c(C(F)(F)F)c1)C2. The van der Waals surface area contributed by atoms with E-state index in [1.165, 1.54) is 12.1 Å². The number of aromatic nitrogens is 3. The smallest absolute Gasteiger partial charge is 0.362 e. The fraction of sp³-hybridized carbons (Fsp3) is 0.308. The molecule has 5 nitrogen and oxygen atoms in total. The molecule has 0 spiro atoms. The van der Waals surface area contributed by atoms with E-state index in [1.807, 2.05) is 12.4 Å². The van der Waals surface area contributed by atoms with E-state index in [1.54, 1.807) is 11.0 Å². The predicted octanol–water partition coefficient (Wildman–Crippen LogP) is 0.447. The predicted molar refractivity (Wildman–Crippen MR) is 75.4 cm³/mol. The molecular formula is C13H11BF3N5. The summed E-state index contributed by atoms with van der Waals surface area (Å²) < 4.78 is 41.0. The number of nitriles is 1. The minimum Gasteiger partial charge on any atom is -0.362 e. The second-order valence-corrected chi connectivity index (χ2v) is 5.08. The van der Waals surface area contributed by atoms with Crippen LogP contribution in [0.1, 0.15) is 17.0 Å². The summed E-state index contributed by atoms with van der Waals surface area (Å²) in [7, 11) is 1.84. The Morgan fingerprint density at radius 2 is 2.00 bits per heavy atom. The van der Waals surface area contributed by atoms with Crippen LogP contribution in [0, 0.1) is 11.3 Å². The Bertz CT molecular complexity index is 762. The molecule has 1 aromatic carbocycles. The van der Waals surface area contributed by atoms with Crippen LogP contribution in [0.3, 0.4) is 0 Å². The lowest BCUT2D eigenvalue weighted by molar-refractivity contribution is -0.137. The van der Waals surface area contributed by atoms with Crippen LogP contribution in [0.4, 0.5) is 18.9 Å². The first-order valence-electron chi connectivity index (χ1n) is 6.65. The van der Waals surface area contributed by atoms with Crippen LogP contribution in [-0.4, -0.2) is 29.2 Å². The van der Waals surface area contributed by atoms with Crippen molar-refractivity contribution in [3.63, 3.8) is 0 Å². The van der Waals surface area contributed by atoms with Gasteiger partial charge in [0.25, 0.3) is 0 Å². The highest BCUT2D eigenvalue weighted by Crippen LogP contribution is 2.34. The van der Waals surface area contributed by atoms with Crippen molar-refractivity contribution in [2.75, 3.05) is 11.4 Å². The fourth-order valence-corrected chi connectivity index (χ4v) is 2.58. The molecule has 0 amide bonds. The molecule has 0 fully saturated rings. The molecule has 2 aromatic rings. The molecule has 112 valence electrons. The monoisotopic (exact) mass is 305 g/mol. The quantitative estimate of drug-likeness (QED) is 0.718. The normalized spacial score (nSPS) is 14.5. The number of rotatable bonds is 1. The molecule has 0 saturated heterocycles. The van der Waals surface area contributed by atoms with Gasteiger partial charge in [-0.3, -0.25) is 0 Å². The van der Waals surface area contributed by atoms with Crippen LogP contribution in [-0.2, 0) is 19.3 Å². The number of halogens is 3. The molecule has 0 saturated carbocycles. The van der Waals surface area contributed by atoms with Gasteiger partial charge in [0.1, 0.15) is 0 Å². The van der Waals surface area contributed by atoms with E-state index in [4.69, 9.17) is 5.26 Å². The molecule has 1 aliphatic heterocycles. The van der Waals surface area contributed by atoms with Crippen LogP contribution >= 0.6 is 0 Å². The van der Waals surface area contributed by atoms with Gasteiger partial charge in [-0.2, -0.15) is 18.4 Å². The molecule has 0 radical (unpaired) electrons. The standard InChI is InChI=1S/C13H11BF3N5/c14-12-20-19-11-7-21(3-4-22(11)12)9-2-1-8(6-18)10(5-9)13(15,16)17/h1-2,5H,3-4,7,14H2. The maximum absolute atomic E-state index is 13.0. The van der Waals surface area contributed by atoms with Crippen LogP contribution in [0.15, 0.2) is 18.2 Å². The third-order valence-electron chi connectivity index (χ3n) is 3.73. The van der Waals surface area contributed by atoms with Crippen molar-refractivity contribution in [1.82, 2.24) is 14.8 Å². The molecule has 3 rings (SSSR count). The summed E-state index contributed by atoms with van der Waals surface area (Å²) >= 11 is 0. The van der Waals surface area contributed by atoms with E-state index >= 15 is 0 Å². The summed E-state index contributed by atoms with van der Waals surface area (Å²) in [5, 5.41) is 16.8. The number of fused-ring (bicyclic) bond motifs is 1. The molecule has 1 aromatic heterocycles. The van der Waals surface area contributed by atoms with Gasteiger partial charge >= 0.3 is 6.18 Å². The molecular weight excluding hydrogens is 294 g/mol. The second kappa shape index (κ2) is 5.05. The Kier molecular flexibility index (Phi) is 3.32. The lowest BCUT2D eigenvalue weighted by Gasteiger charge is -2.30. The molecule has 0 atom stereocenters. The molecule has 0 unspecified atom stereocenters. The van der Waals surface area contributed by atoms with Crippen molar-refractivity contribution in [3.05, 3.63) is 35.2 Å². The summed E-state index contributed by atoms with van der Waals surface area (Å²) in [5.74, 6) is 0.724. The lowest BCUT2D eigenvalue weighted by Crippen LogP contribution is -2.37. The minimum atomic E-state index is -4.55. The summed E-state index contributed by atoms with van der Waals surface area (Å²) in [5.41, 5.74) is -0.0494. The van der Waals surface area contributed by atoms with Gasteiger partial charge in [-0.1, -0.05) is 0 Å². The Morgan fingerprint density at radius 1 is 1.23 bits per heavy atom. The highest BCUT2D eigenvalue weighted by atomic mass is 19.4. The fourth-order valence-electron chi connectivity index (χ4n) is 2.58. The minimum absolute atomic E-state index is 0.368. The van der Waals surface area contributed by atoms with Gasteiger partial charge in [-0.15, -0.1) is 10.2 Å². The Balaban J connectivity index is 1.95. The number of nitrogens with zero attached hydrogens (tertiary/aromatic N) is 5. The van der Waals surface area contributed by atoms with Gasteiger partial charge in [-0.05, 0) is 18.2 Å². The number of alkyl halides is 3. The van der Waals surface area contributed by atoms with Gasteiger partial charge in [0.2, 0.25) is 0 Å². The Labute approximate surface area is 125 Å². The van der Waals surface area contributed by atoms with Crippen molar-refractivity contribution in [2.45, 2.75) is 19.3 Å². The maximum Gasteiger partial charge on any atom is 0.417 e. The Hall–Kier alpha value is -2.50. The zero-order valence-electron chi connectivity index (χ0n) is 11.7. The molecule has 0 aliphatic carbocycles. The number of anilines is 1. The topological polar surface area (TPSA) is 57.7 Å². The van der Waals surface area contributed by atoms with E-state index in [0.717, 1.165) is 17.6 Å². The van der Waals surface area contributed by atoms with Crippen LogP contribution < -0.4 is 10.6 Å². The van der Waals surface area contributed by atoms with Crippen molar-refractivity contribution < 1.29 is 13.2 Å². The summed E-state index contributed by atoms with van der Waals surface area (Å²) in [4.78, 5) is 1.81. The maximum atomic E-state index is 13.0. The summed E-state index contributed by atoms with van der Waals surface area (Å²) in [6.07, 6.45) is -4.55. The van der Waals surface area contributed by atoms with Crippen molar-refractivity contribution in [1.29, 1.82) is 5.26 Å². The molecule has 0 N–H and O–H groups in total. The van der Waals surface area contributed by atoms with Gasteiger partial charge in [0.15, 0.2) is 13.7 Å². The third kappa shape index (κ3) is 2.41. The molecule has 1 aliphatic rings. The molecule has 9 heteroatoms. The Morgan fingerprint density at radius 3 is 2.68 bits per heavy atom. The van der Waals surface area contributed by atoms with Crippen LogP contribution in [0.5, 0.6) is 0 Å². The number of benzene rings is 1.